The number of likely N-dealkylation sites (tertiary alicyclic amines) is 1. The Morgan fingerprint density at radius 1 is 0.960 bits per heavy atom. The molecule has 1 amide bonds. The van der Waals surface area contributed by atoms with E-state index in [1.807, 2.05) is 48.5 Å². The number of piperidine rings is 1. The van der Waals surface area contributed by atoms with Gasteiger partial charge >= 0.3 is 0 Å². The average Bonchev–Trinajstić information content (AvgIpc) is 2.63. The highest BCUT2D eigenvalue weighted by atomic mass is 35.5. The molecule has 0 saturated carbocycles. The molecular formula is C21H25ClN2O. The molecule has 0 aromatic heterocycles. The van der Waals surface area contributed by atoms with Crippen molar-refractivity contribution in [3.05, 3.63) is 71.8 Å². The number of hydrogen-bond acceptors (Lipinski definition) is 2. The molecule has 3 nitrogen and oxygen atoms in total. The van der Waals surface area contributed by atoms with Crippen molar-refractivity contribution in [3.63, 3.8) is 0 Å². The topological polar surface area (TPSA) is 32.3 Å². The van der Waals surface area contributed by atoms with Crippen molar-refractivity contribution in [2.45, 2.75) is 25.8 Å². The van der Waals surface area contributed by atoms with Crippen molar-refractivity contribution in [1.29, 1.82) is 0 Å². The lowest BCUT2D eigenvalue weighted by Gasteiger charge is -2.26. The zero-order chi connectivity index (χ0) is 16.6. The third kappa shape index (κ3) is 6.37. The maximum absolute atomic E-state index is 12.0. The zero-order valence-corrected chi connectivity index (χ0v) is 15.2. The molecule has 1 heterocycles. The second-order valence-electron chi connectivity index (χ2n) is 6.27. The minimum absolute atomic E-state index is 0. The van der Waals surface area contributed by atoms with Crippen LogP contribution in [-0.2, 0) is 11.3 Å². The number of anilines is 1. The standard InChI is InChI=1S/C21H24N2O.ClH/c24-21(14-11-18-7-3-1-4-8-18)22-20-12-9-19(10-13-20)17-23-15-5-2-6-16-23;/h1,3-4,7-14H,2,5-6,15-17H2,(H,22,24);1H/b14-11+;. The van der Waals surface area contributed by atoms with Crippen molar-refractivity contribution in [2.75, 3.05) is 18.4 Å². The summed E-state index contributed by atoms with van der Waals surface area (Å²) in [7, 11) is 0. The third-order valence-electron chi connectivity index (χ3n) is 4.30. The number of carbonyl (C=O) groups excluding carboxylic acids is 1. The van der Waals surface area contributed by atoms with E-state index in [0.717, 1.165) is 17.8 Å². The molecule has 1 aliphatic heterocycles. The fourth-order valence-electron chi connectivity index (χ4n) is 2.99. The van der Waals surface area contributed by atoms with E-state index in [0.29, 0.717) is 0 Å². The first-order valence-corrected chi connectivity index (χ1v) is 8.65. The molecule has 25 heavy (non-hydrogen) atoms. The first-order valence-electron chi connectivity index (χ1n) is 8.65. The first-order chi connectivity index (χ1) is 11.8. The molecule has 0 radical (unpaired) electrons. The van der Waals surface area contributed by atoms with Gasteiger partial charge in [0.15, 0.2) is 0 Å². The number of nitrogens with zero attached hydrogens (tertiary/aromatic N) is 1. The molecule has 1 aliphatic rings. The Kier molecular flexibility index (Phi) is 7.71. The van der Waals surface area contributed by atoms with Crippen molar-refractivity contribution in [2.24, 2.45) is 0 Å². The molecule has 2 aromatic rings. The molecule has 0 aliphatic carbocycles. The van der Waals surface area contributed by atoms with Crippen molar-refractivity contribution >= 4 is 30.1 Å². The molecule has 1 saturated heterocycles. The van der Waals surface area contributed by atoms with Crippen LogP contribution in [0.3, 0.4) is 0 Å². The number of hydrogen-bond donors (Lipinski definition) is 1. The summed E-state index contributed by atoms with van der Waals surface area (Å²) in [6.07, 6.45) is 7.36. The molecule has 4 heteroatoms. The Morgan fingerprint density at radius 3 is 2.32 bits per heavy atom. The number of halogens is 1. The predicted molar refractivity (Wildman–Crippen MR) is 107 cm³/mol. The Morgan fingerprint density at radius 2 is 1.64 bits per heavy atom. The van der Waals surface area contributed by atoms with E-state index in [1.54, 1.807) is 6.08 Å². The number of nitrogens with one attached hydrogen (secondary N) is 1. The number of amides is 1. The van der Waals surface area contributed by atoms with Gasteiger partial charge in [-0.3, -0.25) is 9.69 Å². The van der Waals surface area contributed by atoms with Crippen molar-refractivity contribution in [3.8, 4) is 0 Å². The number of benzene rings is 2. The predicted octanol–water partition coefficient (Wildman–Crippen LogP) is 4.75. The summed E-state index contributed by atoms with van der Waals surface area (Å²) < 4.78 is 0. The molecule has 1 N–H and O–H groups in total. The summed E-state index contributed by atoms with van der Waals surface area (Å²) in [5.74, 6) is -0.109. The van der Waals surface area contributed by atoms with Gasteiger partial charge in [-0.1, -0.05) is 48.9 Å². The second kappa shape index (κ2) is 10.0. The van der Waals surface area contributed by atoms with Gasteiger partial charge in [-0.2, -0.15) is 0 Å². The quantitative estimate of drug-likeness (QED) is 0.784. The molecule has 0 spiro atoms. The van der Waals surface area contributed by atoms with Crippen LogP contribution in [0.1, 0.15) is 30.4 Å². The normalized spacial score (nSPS) is 14.9. The van der Waals surface area contributed by atoms with Gasteiger partial charge in [0.2, 0.25) is 5.91 Å². The Balaban J connectivity index is 0.00000225. The molecule has 0 unspecified atom stereocenters. The molecular weight excluding hydrogens is 332 g/mol. The van der Waals surface area contributed by atoms with Gasteiger partial charge in [-0.25, -0.2) is 0 Å². The molecule has 0 atom stereocenters. The van der Waals surface area contributed by atoms with E-state index in [9.17, 15) is 4.79 Å². The van der Waals surface area contributed by atoms with E-state index in [1.165, 1.54) is 37.9 Å². The van der Waals surface area contributed by atoms with Gasteiger partial charge in [0.1, 0.15) is 0 Å². The van der Waals surface area contributed by atoms with E-state index >= 15 is 0 Å². The summed E-state index contributed by atoms with van der Waals surface area (Å²) in [5.41, 5.74) is 3.15. The van der Waals surface area contributed by atoms with Crippen LogP contribution in [0.5, 0.6) is 0 Å². The number of carbonyl (C=O) groups is 1. The lowest BCUT2D eigenvalue weighted by molar-refractivity contribution is -0.111. The summed E-state index contributed by atoms with van der Waals surface area (Å²) in [6, 6.07) is 18.0. The van der Waals surface area contributed by atoms with Crippen LogP contribution >= 0.6 is 12.4 Å². The van der Waals surface area contributed by atoms with Gasteiger partial charge in [0.05, 0.1) is 0 Å². The van der Waals surface area contributed by atoms with E-state index in [2.05, 4.69) is 22.3 Å². The lowest BCUT2D eigenvalue weighted by Crippen LogP contribution is -2.29. The Bertz CT molecular complexity index is 677. The van der Waals surface area contributed by atoms with E-state index in [4.69, 9.17) is 0 Å². The molecule has 132 valence electrons. The molecule has 0 bridgehead atoms. The van der Waals surface area contributed by atoms with Crippen molar-refractivity contribution < 1.29 is 4.79 Å². The summed E-state index contributed by atoms with van der Waals surface area (Å²) in [6.45, 7) is 3.40. The van der Waals surface area contributed by atoms with Crippen molar-refractivity contribution in [1.82, 2.24) is 4.90 Å². The largest absolute Gasteiger partial charge is 0.323 e. The van der Waals surface area contributed by atoms with Crippen LogP contribution < -0.4 is 5.32 Å². The highest BCUT2D eigenvalue weighted by Crippen LogP contribution is 2.15. The fourth-order valence-corrected chi connectivity index (χ4v) is 2.99. The van der Waals surface area contributed by atoms with Crippen LogP contribution in [0.4, 0.5) is 5.69 Å². The summed E-state index contributed by atoms with van der Waals surface area (Å²) in [4.78, 5) is 14.5. The maximum Gasteiger partial charge on any atom is 0.248 e. The van der Waals surface area contributed by atoms with E-state index < -0.39 is 0 Å². The van der Waals surface area contributed by atoms with Gasteiger partial charge in [0.25, 0.3) is 0 Å². The van der Waals surface area contributed by atoms with Crippen LogP contribution in [-0.4, -0.2) is 23.9 Å². The van der Waals surface area contributed by atoms with Gasteiger partial charge in [0, 0.05) is 18.3 Å². The molecule has 1 fully saturated rings. The Hall–Kier alpha value is -2.10. The highest BCUT2D eigenvalue weighted by Gasteiger charge is 2.10. The van der Waals surface area contributed by atoms with Gasteiger partial charge < -0.3 is 5.32 Å². The zero-order valence-electron chi connectivity index (χ0n) is 14.4. The monoisotopic (exact) mass is 356 g/mol. The van der Waals surface area contributed by atoms with Crippen LogP contribution in [0.25, 0.3) is 6.08 Å². The fraction of sp³-hybridized carbons (Fsp3) is 0.286. The Labute approximate surface area is 156 Å². The van der Waals surface area contributed by atoms with Gasteiger partial charge in [-0.15, -0.1) is 12.4 Å². The minimum Gasteiger partial charge on any atom is -0.323 e. The molecule has 3 rings (SSSR count). The average molecular weight is 357 g/mol. The minimum atomic E-state index is -0.109. The second-order valence-corrected chi connectivity index (χ2v) is 6.27. The summed E-state index contributed by atoms with van der Waals surface area (Å²) >= 11 is 0. The third-order valence-corrected chi connectivity index (χ3v) is 4.30. The van der Waals surface area contributed by atoms with Crippen LogP contribution in [0.15, 0.2) is 60.7 Å². The highest BCUT2D eigenvalue weighted by molar-refractivity contribution is 6.01. The SMILES string of the molecule is Cl.O=C(/C=C/c1ccccc1)Nc1ccc(CN2CCCCC2)cc1. The molecule has 2 aromatic carbocycles. The smallest absolute Gasteiger partial charge is 0.248 e. The summed E-state index contributed by atoms with van der Waals surface area (Å²) in [5, 5.41) is 2.90. The van der Waals surface area contributed by atoms with E-state index in [-0.39, 0.29) is 18.3 Å². The first kappa shape index (κ1) is 19.2. The van der Waals surface area contributed by atoms with Crippen LogP contribution in [0, 0.1) is 0 Å². The van der Waals surface area contributed by atoms with Crippen LogP contribution in [0.2, 0.25) is 0 Å². The maximum atomic E-state index is 12.0. The van der Waals surface area contributed by atoms with Gasteiger partial charge in [-0.05, 0) is 55.3 Å². The number of rotatable bonds is 5. The lowest BCUT2D eigenvalue weighted by atomic mass is 10.1.